The third kappa shape index (κ3) is 3.50. The zero-order chi connectivity index (χ0) is 14.9. The molecule has 0 bridgehead atoms. The van der Waals surface area contributed by atoms with Gasteiger partial charge in [0.05, 0.1) is 16.9 Å². The van der Waals surface area contributed by atoms with Gasteiger partial charge in [-0.15, -0.1) is 0 Å². The Labute approximate surface area is 145 Å². The summed E-state index contributed by atoms with van der Waals surface area (Å²) in [6.07, 6.45) is 0. The van der Waals surface area contributed by atoms with Gasteiger partial charge in [0.1, 0.15) is 5.82 Å². The molecular formula is C13H8Br2FIN2O. The Hall–Kier alpha value is -0.670. The zero-order valence-electron chi connectivity index (χ0n) is 9.88. The molecule has 0 saturated carbocycles. The van der Waals surface area contributed by atoms with E-state index < -0.39 is 0 Å². The molecule has 0 aliphatic heterocycles. The molecule has 7 heteroatoms. The molecule has 0 atom stereocenters. The molecule has 0 aromatic heterocycles. The molecule has 0 aliphatic rings. The quantitative estimate of drug-likeness (QED) is 0.448. The van der Waals surface area contributed by atoms with Gasteiger partial charge in [-0.25, -0.2) is 4.39 Å². The van der Waals surface area contributed by atoms with Gasteiger partial charge in [0.15, 0.2) is 0 Å². The van der Waals surface area contributed by atoms with Crippen LogP contribution in [-0.4, -0.2) is 5.91 Å². The third-order valence-corrected chi connectivity index (χ3v) is 4.48. The monoisotopic (exact) mass is 512 g/mol. The SMILES string of the molecule is Nc1cc(Br)cc(Br)c1NC(=O)c1ccc(F)cc1I. The number of amides is 1. The van der Waals surface area contributed by atoms with Gasteiger partial charge in [-0.1, -0.05) is 15.9 Å². The maximum atomic E-state index is 13.0. The molecule has 3 nitrogen and oxygen atoms in total. The van der Waals surface area contributed by atoms with Crippen molar-refractivity contribution in [1.29, 1.82) is 0 Å². The number of rotatable bonds is 2. The van der Waals surface area contributed by atoms with Crippen molar-refractivity contribution >= 4 is 71.7 Å². The first-order valence-electron chi connectivity index (χ1n) is 5.39. The van der Waals surface area contributed by atoms with Crippen molar-refractivity contribution in [3.63, 3.8) is 0 Å². The van der Waals surface area contributed by atoms with Crippen LogP contribution < -0.4 is 11.1 Å². The highest BCUT2D eigenvalue weighted by Gasteiger charge is 2.14. The topological polar surface area (TPSA) is 55.1 Å². The Morgan fingerprint density at radius 1 is 1.25 bits per heavy atom. The van der Waals surface area contributed by atoms with Gasteiger partial charge in [-0.3, -0.25) is 4.79 Å². The summed E-state index contributed by atoms with van der Waals surface area (Å²) >= 11 is 8.57. The Kier molecular flexibility index (Phi) is 5.03. The fourth-order valence-corrected chi connectivity index (χ4v) is 3.66. The lowest BCUT2D eigenvalue weighted by Gasteiger charge is -2.12. The number of benzene rings is 2. The summed E-state index contributed by atoms with van der Waals surface area (Å²) in [4.78, 5) is 12.2. The van der Waals surface area contributed by atoms with Gasteiger partial charge in [-0.05, 0) is 68.9 Å². The van der Waals surface area contributed by atoms with Crippen molar-refractivity contribution in [1.82, 2.24) is 0 Å². The van der Waals surface area contributed by atoms with E-state index in [0.717, 1.165) is 4.47 Å². The first kappa shape index (κ1) is 15.7. The van der Waals surface area contributed by atoms with Crippen molar-refractivity contribution in [2.75, 3.05) is 11.1 Å². The van der Waals surface area contributed by atoms with Crippen LogP contribution in [0.3, 0.4) is 0 Å². The van der Waals surface area contributed by atoms with Gasteiger partial charge in [0.25, 0.3) is 5.91 Å². The maximum Gasteiger partial charge on any atom is 0.256 e. The summed E-state index contributed by atoms with van der Waals surface area (Å²) in [5, 5.41) is 2.72. The summed E-state index contributed by atoms with van der Waals surface area (Å²) in [5.74, 6) is -0.723. The molecule has 104 valence electrons. The summed E-state index contributed by atoms with van der Waals surface area (Å²) in [6.45, 7) is 0. The van der Waals surface area contributed by atoms with Crippen molar-refractivity contribution < 1.29 is 9.18 Å². The van der Waals surface area contributed by atoms with E-state index in [1.54, 1.807) is 12.1 Å². The molecule has 0 heterocycles. The van der Waals surface area contributed by atoms with E-state index in [9.17, 15) is 9.18 Å². The van der Waals surface area contributed by atoms with E-state index in [-0.39, 0.29) is 11.7 Å². The van der Waals surface area contributed by atoms with Crippen LogP contribution in [0.1, 0.15) is 10.4 Å². The highest BCUT2D eigenvalue weighted by molar-refractivity contribution is 14.1. The molecule has 0 radical (unpaired) electrons. The van der Waals surface area contributed by atoms with Crippen molar-refractivity contribution in [2.45, 2.75) is 0 Å². The van der Waals surface area contributed by atoms with Crippen molar-refractivity contribution in [3.8, 4) is 0 Å². The molecule has 0 unspecified atom stereocenters. The van der Waals surface area contributed by atoms with Crippen LogP contribution in [0.4, 0.5) is 15.8 Å². The minimum atomic E-state index is -0.379. The molecule has 0 aliphatic carbocycles. The van der Waals surface area contributed by atoms with Crippen LogP contribution in [0.15, 0.2) is 39.3 Å². The lowest BCUT2D eigenvalue weighted by atomic mass is 10.2. The Bertz CT molecular complexity index is 671. The second-order valence-electron chi connectivity index (χ2n) is 3.93. The van der Waals surface area contributed by atoms with Crippen LogP contribution >= 0.6 is 54.5 Å². The van der Waals surface area contributed by atoms with Crippen LogP contribution in [0, 0.1) is 9.39 Å². The lowest BCUT2D eigenvalue weighted by molar-refractivity contribution is 0.102. The van der Waals surface area contributed by atoms with E-state index in [1.807, 2.05) is 22.6 Å². The molecular weight excluding hydrogens is 506 g/mol. The molecule has 1 amide bonds. The lowest BCUT2D eigenvalue weighted by Crippen LogP contribution is -2.15. The number of nitrogen functional groups attached to an aromatic ring is 1. The molecule has 0 fully saturated rings. The van der Waals surface area contributed by atoms with Gasteiger partial charge in [0, 0.05) is 12.5 Å². The van der Waals surface area contributed by atoms with E-state index >= 15 is 0 Å². The van der Waals surface area contributed by atoms with Crippen LogP contribution in [0.25, 0.3) is 0 Å². The summed E-state index contributed by atoms with van der Waals surface area (Å²) in [6, 6.07) is 7.46. The molecule has 20 heavy (non-hydrogen) atoms. The molecule has 0 saturated heterocycles. The Morgan fingerprint density at radius 3 is 2.55 bits per heavy atom. The Morgan fingerprint density at radius 2 is 1.95 bits per heavy atom. The fourth-order valence-electron chi connectivity index (χ4n) is 1.58. The molecule has 2 rings (SSSR count). The smallest absolute Gasteiger partial charge is 0.256 e. The predicted octanol–water partition coefficient (Wildman–Crippen LogP) is 4.79. The van der Waals surface area contributed by atoms with Gasteiger partial charge < -0.3 is 11.1 Å². The van der Waals surface area contributed by atoms with Crippen molar-refractivity contribution in [2.24, 2.45) is 0 Å². The maximum absolute atomic E-state index is 13.0. The summed E-state index contributed by atoms with van der Waals surface area (Å²) in [5.41, 5.74) is 7.18. The van der Waals surface area contributed by atoms with E-state index in [1.165, 1.54) is 18.2 Å². The number of carbonyl (C=O) groups is 1. The number of anilines is 2. The highest BCUT2D eigenvalue weighted by Crippen LogP contribution is 2.33. The molecule has 2 aromatic carbocycles. The summed E-state index contributed by atoms with van der Waals surface area (Å²) in [7, 11) is 0. The van der Waals surface area contributed by atoms with Gasteiger partial charge in [-0.2, -0.15) is 0 Å². The van der Waals surface area contributed by atoms with E-state index in [4.69, 9.17) is 5.73 Å². The molecule has 0 spiro atoms. The number of hydrogen-bond acceptors (Lipinski definition) is 2. The average Bonchev–Trinajstić information content (AvgIpc) is 2.33. The predicted molar refractivity (Wildman–Crippen MR) is 93.3 cm³/mol. The normalized spacial score (nSPS) is 10.4. The summed E-state index contributed by atoms with van der Waals surface area (Å²) < 4.78 is 15.0. The molecule has 2 aromatic rings. The van der Waals surface area contributed by atoms with Gasteiger partial charge >= 0.3 is 0 Å². The van der Waals surface area contributed by atoms with Crippen LogP contribution in [-0.2, 0) is 0 Å². The largest absolute Gasteiger partial charge is 0.397 e. The van der Waals surface area contributed by atoms with Crippen LogP contribution in [0.5, 0.6) is 0 Å². The first-order chi connectivity index (χ1) is 9.38. The van der Waals surface area contributed by atoms with Crippen LogP contribution in [0.2, 0.25) is 0 Å². The first-order valence-corrected chi connectivity index (χ1v) is 8.06. The zero-order valence-corrected chi connectivity index (χ0v) is 15.2. The number of nitrogens with one attached hydrogen (secondary N) is 1. The fraction of sp³-hybridized carbons (Fsp3) is 0. The number of halogens is 4. The van der Waals surface area contributed by atoms with E-state index in [2.05, 4.69) is 37.2 Å². The second kappa shape index (κ2) is 6.40. The van der Waals surface area contributed by atoms with Crippen molar-refractivity contribution in [3.05, 3.63) is 54.2 Å². The third-order valence-electron chi connectivity index (χ3n) is 2.50. The number of carbonyl (C=O) groups excluding carboxylic acids is 1. The van der Waals surface area contributed by atoms with E-state index in [0.29, 0.717) is 25.0 Å². The Balaban J connectivity index is 2.33. The number of nitrogens with two attached hydrogens (primary N) is 1. The highest BCUT2D eigenvalue weighted by atomic mass is 127. The minimum absolute atomic E-state index is 0.343. The molecule has 3 N–H and O–H groups in total. The average molecular weight is 514 g/mol. The second-order valence-corrected chi connectivity index (χ2v) is 6.86. The van der Waals surface area contributed by atoms with Gasteiger partial charge in [0.2, 0.25) is 0 Å². The standard InChI is InChI=1S/C13H8Br2FIN2O/c14-6-3-9(15)12(11(18)4-6)19-13(20)8-2-1-7(16)5-10(8)17/h1-5H,18H2,(H,19,20). The minimum Gasteiger partial charge on any atom is -0.397 e. The number of hydrogen-bond donors (Lipinski definition) is 2.